The molecule has 4 nitrogen and oxygen atoms in total. The number of hydrogen-bond acceptors (Lipinski definition) is 3. The lowest BCUT2D eigenvalue weighted by Crippen LogP contribution is -2.34. The summed E-state index contributed by atoms with van der Waals surface area (Å²) in [5, 5.41) is 0. The Bertz CT molecular complexity index is 564. The van der Waals surface area contributed by atoms with Gasteiger partial charge < -0.3 is 5.73 Å². The van der Waals surface area contributed by atoms with Crippen molar-refractivity contribution in [1.29, 1.82) is 0 Å². The SMILES string of the molecule is C#CC(CCC)NS(=O)(=O)c1ccc(N)cc1F. The number of nitrogen functional groups attached to an aromatic ring is 1. The van der Waals surface area contributed by atoms with E-state index in [4.69, 9.17) is 12.2 Å². The van der Waals surface area contributed by atoms with E-state index >= 15 is 0 Å². The van der Waals surface area contributed by atoms with Crippen LogP contribution in [0, 0.1) is 18.2 Å². The van der Waals surface area contributed by atoms with Gasteiger partial charge in [0.2, 0.25) is 10.0 Å². The molecule has 0 fully saturated rings. The van der Waals surface area contributed by atoms with E-state index in [1.807, 2.05) is 6.92 Å². The Morgan fingerprint density at radius 1 is 1.56 bits per heavy atom. The van der Waals surface area contributed by atoms with E-state index in [1.54, 1.807) is 0 Å². The van der Waals surface area contributed by atoms with Crippen molar-refractivity contribution in [2.24, 2.45) is 0 Å². The zero-order valence-electron chi connectivity index (χ0n) is 9.98. The van der Waals surface area contributed by atoms with Gasteiger partial charge in [0.25, 0.3) is 0 Å². The fraction of sp³-hybridized carbons (Fsp3) is 0.333. The van der Waals surface area contributed by atoms with Crippen molar-refractivity contribution in [1.82, 2.24) is 4.72 Å². The van der Waals surface area contributed by atoms with Crippen molar-refractivity contribution in [2.45, 2.75) is 30.7 Å². The van der Waals surface area contributed by atoms with Crippen LogP contribution in [-0.2, 0) is 10.0 Å². The molecule has 0 aliphatic heterocycles. The van der Waals surface area contributed by atoms with Gasteiger partial charge in [0.15, 0.2) is 0 Å². The molecule has 0 aliphatic carbocycles. The minimum atomic E-state index is -3.96. The van der Waals surface area contributed by atoms with Crippen molar-refractivity contribution >= 4 is 15.7 Å². The van der Waals surface area contributed by atoms with Crippen LogP contribution in [0.1, 0.15) is 19.8 Å². The third kappa shape index (κ3) is 3.45. The van der Waals surface area contributed by atoms with Gasteiger partial charge in [-0.2, -0.15) is 4.72 Å². The molecular formula is C12H15FN2O2S. The largest absolute Gasteiger partial charge is 0.399 e. The second kappa shape index (κ2) is 5.85. The lowest BCUT2D eigenvalue weighted by Gasteiger charge is -2.13. The standard InChI is InChI=1S/C12H15FN2O2S/c1-3-5-10(4-2)15-18(16,17)12-7-6-9(14)8-11(12)13/h2,6-8,10,15H,3,5,14H2,1H3. The molecule has 98 valence electrons. The molecular weight excluding hydrogens is 255 g/mol. The Hall–Kier alpha value is -1.58. The Morgan fingerprint density at radius 2 is 2.22 bits per heavy atom. The molecule has 0 radical (unpaired) electrons. The van der Waals surface area contributed by atoms with Crippen LogP contribution < -0.4 is 10.5 Å². The quantitative estimate of drug-likeness (QED) is 0.629. The molecule has 3 N–H and O–H groups in total. The third-order valence-corrected chi connectivity index (χ3v) is 3.83. The molecule has 0 aromatic heterocycles. The summed E-state index contributed by atoms with van der Waals surface area (Å²) in [6, 6.07) is 2.76. The maximum Gasteiger partial charge on any atom is 0.244 e. The summed E-state index contributed by atoms with van der Waals surface area (Å²) in [6.07, 6.45) is 6.43. The summed E-state index contributed by atoms with van der Waals surface area (Å²) >= 11 is 0. The van der Waals surface area contributed by atoms with Crippen molar-refractivity contribution in [2.75, 3.05) is 5.73 Å². The molecule has 0 saturated carbocycles. The maximum atomic E-state index is 13.5. The van der Waals surface area contributed by atoms with Crippen LogP contribution in [0.2, 0.25) is 0 Å². The predicted molar refractivity (Wildman–Crippen MR) is 68.7 cm³/mol. The van der Waals surface area contributed by atoms with Crippen LogP contribution in [0.15, 0.2) is 23.1 Å². The van der Waals surface area contributed by atoms with Gasteiger partial charge in [0, 0.05) is 5.69 Å². The molecule has 1 unspecified atom stereocenters. The fourth-order valence-corrected chi connectivity index (χ4v) is 2.70. The molecule has 0 amide bonds. The number of terminal acetylenes is 1. The van der Waals surface area contributed by atoms with Gasteiger partial charge >= 0.3 is 0 Å². The number of hydrogen-bond donors (Lipinski definition) is 2. The molecule has 18 heavy (non-hydrogen) atoms. The third-order valence-electron chi connectivity index (χ3n) is 2.32. The molecule has 0 aliphatic rings. The first-order valence-electron chi connectivity index (χ1n) is 5.44. The smallest absolute Gasteiger partial charge is 0.244 e. The summed E-state index contributed by atoms with van der Waals surface area (Å²) < 4.78 is 39.7. The molecule has 0 bridgehead atoms. The molecule has 0 saturated heterocycles. The van der Waals surface area contributed by atoms with Crippen molar-refractivity contribution in [3.05, 3.63) is 24.0 Å². The van der Waals surface area contributed by atoms with E-state index in [2.05, 4.69) is 10.6 Å². The minimum Gasteiger partial charge on any atom is -0.399 e. The van der Waals surface area contributed by atoms with Gasteiger partial charge in [-0.15, -0.1) is 6.42 Å². The Labute approximate surface area is 106 Å². The van der Waals surface area contributed by atoms with E-state index in [0.29, 0.717) is 6.42 Å². The lowest BCUT2D eigenvalue weighted by atomic mass is 10.2. The number of sulfonamides is 1. The number of anilines is 1. The summed E-state index contributed by atoms with van der Waals surface area (Å²) in [6.45, 7) is 1.88. The number of benzene rings is 1. The molecule has 0 spiro atoms. The summed E-state index contributed by atoms with van der Waals surface area (Å²) in [5.74, 6) is 1.43. The van der Waals surface area contributed by atoms with Crippen LogP contribution in [0.4, 0.5) is 10.1 Å². The van der Waals surface area contributed by atoms with Crippen LogP contribution >= 0.6 is 0 Å². The topological polar surface area (TPSA) is 72.2 Å². The van der Waals surface area contributed by atoms with E-state index in [0.717, 1.165) is 18.6 Å². The normalized spacial score (nSPS) is 12.9. The van der Waals surface area contributed by atoms with E-state index in [-0.39, 0.29) is 5.69 Å². The number of halogens is 1. The van der Waals surface area contributed by atoms with Crippen LogP contribution in [0.5, 0.6) is 0 Å². The predicted octanol–water partition coefficient (Wildman–Crippen LogP) is 1.49. The van der Waals surface area contributed by atoms with E-state index in [1.165, 1.54) is 6.07 Å². The Balaban J connectivity index is 3.03. The van der Waals surface area contributed by atoms with Crippen molar-refractivity contribution < 1.29 is 12.8 Å². The molecule has 1 atom stereocenters. The first-order chi connectivity index (χ1) is 8.40. The highest BCUT2D eigenvalue weighted by Gasteiger charge is 2.21. The first-order valence-corrected chi connectivity index (χ1v) is 6.92. The van der Waals surface area contributed by atoms with E-state index in [9.17, 15) is 12.8 Å². The summed E-state index contributed by atoms with van der Waals surface area (Å²) in [5.41, 5.74) is 5.52. The highest BCUT2D eigenvalue weighted by molar-refractivity contribution is 7.89. The Kier molecular flexibility index (Phi) is 4.70. The zero-order chi connectivity index (χ0) is 13.8. The van der Waals surface area contributed by atoms with Gasteiger partial charge in [-0.3, -0.25) is 0 Å². The number of nitrogens with one attached hydrogen (secondary N) is 1. The molecule has 1 aromatic rings. The second-order valence-electron chi connectivity index (χ2n) is 3.82. The van der Waals surface area contributed by atoms with Gasteiger partial charge in [0.1, 0.15) is 10.7 Å². The van der Waals surface area contributed by atoms with Gasteiger partial charge in [-0.05, 0) is 24.6 Å². The first kappa shape index (κ1) is 14.5. The molecule has 0 heterocycles. The molecule has 1 aromatic carbocycles. The monoisotopic (exact) mass is 270 g/mol. The highest BCUT2D eigenvalue weighted by atomic mass is 32.2. The minimum absolute atomic E-state index is 0.161. The number of rotatable bonds is 5. The fourth-order valence-electron chi connectivity index (χ4n) is 1.45. The zero-order valence-corrected chi connectivity index (χ0v) is 10.8. The van der Waals surface area contributed by atoms with Crippen LogP contribution in [-0.4, -0.2) is 14.5 Å². The average Bonchev–Trinajstić information content (AvgIpc) is 2.27. The maximum absolute atomic E-state index is 13.5. The average molecular weight is 270 g/mol. The van der Waals surface area contributed by atoms with Crippen LogP contribution in [0.3, 0.4) is 0 Å². The second-order valence-corrected chi connectivity index (χ2v) is 5.50. The van der Waals surface area contributed by atoms with Gasteiger partial charge in [-0.25, -0.2) is 12.8 Å². The van der Waals surface area contributed by atoms with E-state index < -0.39 is 26.8 Å². The Morgan fingerprint density at radius 3 is 2.72 bits per heavy atom. The van der Waals surface area contributed by atoms with Crippen molar-refractivity contribution in [3.8, 4) is 12.3 Å². The van der Waals surface area contributed by atoms with Gasteiger partial charge in [-0.1, -0.05) is 19.3 Å². The molecule has 1 rings (SSSR count). The lowest BCUT2D eigenvalue weighted by molar-refractivity contribution is 0.546. The summed E-state index contributed by atoms with van der Waals surface area (Å²) in [4.78, 5) is -0.451. The van der Waals surface area contributed by atoms with Crippen LogP contribution in [0.25, 0.3) is 0 Å². The molecule has 6 heteroatoms. The number of nitrogens with two attached hydrogens (primary N) is 1. The van der Waals surface area contributed by atoms with Crippen molar-refractivity contribution in [3.63, 3.8) is 0 Å². The highest BCUT2D eigenvalue weighted by Crippen LogP contribution is 2.17. The summed E-state index contributed by atoms with van der Waals surface area (Å²) in [7, 11) is -3.96. The van der Waals surface area contributed by atoms with Gasteiger partial charge in [0.05, 0.1) is 6.04 Å².